The number of sulfonamides is 1. The number of rotatable bonds is 5. The monoisotopic (exact) mass is 302 g/mol. The second-order valence-electron chi connectivity index (χ2n) is 3.68. The van der Waals surface area contributed by atoms with Gasteiger partial charge in [0.15, 0.2) is 0 Å². The van der Waals surface area contributed by atoms with Gasteiger partial charge in [-0.05, 0) is 12.1 Å². The lowest BCUT2D eigenvalue weighted by Gasteiger charge is -2.06. The average molecular weight is 303 g/mol. The third kappa shape index (κ3) is 3.43. The number of pyridine rings is 1. The molecule has 19 heavy (non-hydrogen) atoms. The summed E-state index contributed by atoms with van der Waals surface area (Å²) in [4.78, 5) is 13.2. The van der Waals surface area contributed by atoms with E-state index in [0.29, 0.717) is 6.54 Å². The smallest absolute Gasteiger partial charge is 0.266 e. The molecule has 0 aliphatic heterocycles. The quantitative estimate of drug-likeness (QED) is 0.824. The van der Waals surface area contributed by atoms with E-state index in [9.17, 15) is 13.2 Å². The fourth-order valence-corrected chi connectivity index (χ4v) is 2.65. The van der Waals surface area contributed by atoms with Crippen molar-refractivity contribution in [1.29, 1.82) is 0 Å². The van der Waals surface area contributed by atoms with Gasteiger partial charge in [-0.3, -0.25) is 9.48 Å². The van der Waals surface area contributed by atoms with Crippen molar-refractivity contribution in [2.24, 2.45) is 0 Å². The van der Waals surface area contributed by atoms with E-state index in [2.05, 4.69) is 14.8 Å². The van der Waals surface area contributed by atoms with Crippen molar-refractivity contribution in [2.45, 2.75) is 11.4 Å². The van der Waals surface area contributed by atoms with E-state index >= 15 is 0 Å². The van der Waals surface area contributed by atoms with Crippen LogP contribution < -0.4 is 10.3 Å². The molecular weight excluding hydrogens is 292 g/mol. The summed E-state index contributed by atoms with van der Waals surface area (Å²) in [7, 11) is -3.70. The van der Waals surface area contributed by atoms with Gasteiger partial charge in [0.1, 0.15) is 5.02 Å². The standard InChI is InChI=1S/C10H11ClN4O3S/c11-9-6-8(7-12-10(9)16)19(17,18)14-3-5-15-4-1-2-13-15/h1-2,4,6-7,14H,3,5H2,(H,12,16). The van der Waals surface area contributed by atoms with Crippen molar-refractivity contribution in [3.8, 4) is 0 Å². The molecule has 7 nitrogen and oxygen atoms in total. The molecule has 0 radical (unpaired) electrons. The van der Waals surface area contributed by atoms with Crippen LogP contribution in [-0.4, -0.2) is 29.7 Å². The molecule has 0 aromatic carbocycles. The van der Waals surface area contributed by atoms with Crippen LogP contribution in [0.5, 0.6) is 0 Å². The fourth-order valence-electron chi connectivity index (χ4n) is 1.40. The van der Waals surface area contributed by atoms with Crippen LogP contribution in [0, 0.1) is 0 Å². The molecule has 0 aliphatic carbocycles. The van der Waals surface area contributed by atoms with Crippen molar-refractivity contribution in [3.63, 3.8) is 0 Å². The number of aromatic amines is 1. The zero-order chi connectivity index (χ0) is 13.9. The predicted octanol–water partition coefficient (Wildman–Crippen LogP) is 0.203. The van der Waals surface area contributed by atoms with Gasteiger partial charge in [-0.1, -0.05) is 11.6 Å². The molecule has 0 spiro atoms. The van der Waals surface area contributed by atoms with Crippen molar-refractivity contribution in [2.75, 3.05) is 6.54 Å². The fraction of sp³-hybridized carbons (Fsp3) is 0.200. The van der Waals surface area contributed by atoms with Crippen LogP contribution in [0.25, 0.3) is 0 Å². The summed E-state index contributed by atoms with van der Waals surface area (Å²) in [5.41, 5.74) is -0.530. The molecule has 0 atom stereocenters. The Morgan fingerprint density at radius 2 is 2.26 bits per heavy atom. The van der Waals surface area contributed by atoms with Crippen LogP contribution in [0.15, 0.2) is 40.4 Å². The van der Waals surface area contributed by atoms with E-state index in [1.54, 1.807) is 23.1 Å². The highest BCUT2D eigenvalue weighted by Gasteiger charge is 2.14. The molecule has 2 aromatic heterocycles. The molecule has 2 aromatic rings. The minimum absolute atomic E-state index is 0.0856. The third-order valence-electron chi connectivity index (χ3n) is 2.33. The van der Waals surface area contributed by atoms with E-state index < -0.39 is 15.6 Å². The molecular formula is C10H11ClN4O3S. The Hall–Kier alpha value is -1.64. The zero-order valence-electron chi connectivity index (χ0n) is 9.71. The largest absolute Gasteiger partial charge is 0.326 e. The van der Waals surface area contributed by atoms with Crippen LogP contribution >= 0.6 is 11.6 Å². The summed E-state index contributed by atoms with van der Waals surface area (Å²) >= 11 is 5.59. The third-order valence-corrected chi connectivity index (χ3v) is 4.06. The van der Waals surface area contributed by atoms with Crippen LogP contribution in [0.1, 0.15) is 0 Å². The number of H-pyrrole nitrogens is 1. The highest BCUT2D eigenvalue weighted by atomic mass is 35.5. The highest BCUT2D eigenvalue weighted by molar-refractivity contribution is 7.89. The second-order valence-corrected chi connectivity index (χ2v) is 5.85. The zero-order valence-corrected chi connectivity index (χ0v) is 11.3. The van der Waals surface area contributed by atoms with Gasteiger partial charge in [0, 0.05) is 25.1 Å². The van der Waals surface area contributed by atoms with Gasteiger partial charge in [-0.2, -0.15) is 5.10 Å². The molecule has 0 aliphatic rings. The number of aromatic nitrogens is 3. The van der Waals surface area contributed by atoms with E-state index in [1.165, 1.54) is 0 Å². The van der Waals surface area contributed by atoms with Crippen molar-refractivity contribution < 1.29 is 8.42 Å². The SMILES string of the molecule is O=c1[nH]cc(S(=O)(=O)NCCn2cccn2)cc1Cl. The predicted molar refractivity (Wildman–Crippen MR) is 69.5 cm³/mol. The first-order valence-corrected chi connectivity index (χ1v) is 7.20. The molecule has 0 saturated carbocycles. The van der Waals surface area contributed by atoms with Crippen LogP contribution in [-0.2, 0) is 16.6 Å². The maximum absolute atomic E-state index is 11.9. The van der Waals surface area contributed by atoms with Crippen LogP contribution in [0.2, 0.25) is 5.02 Å². The molecule has 102 valence electrons. The van der Waals surface area contributed by atoms with Gasteiger partial charge in [-0.25, -0.2) is 13.1 Å². The Morgan fingerprint density at radius 1 is 1.47 bits per heavy atom. The molecule has 0 saturated heterocycles. The summed E-state index contributed by atoms with van der Waals surface area (Å²) < 4.78 is 27.8. The normalized spacial score (nSPS) is 11.6. The molecule has 0 fully saturated rings. The van der Waals surface area contributed by atoms with Gasteiger partial charge in [-0.15, -0.1) is 0 Å². The molecule has 9 heteroatoms. The first kappa shape index (κ1) is 13.8. The maximum atomic E-state index is 11.9. The highest BCUT2D eigenvalue weighted by Crippen LogP contribution is 2.09. The minimum Gasteiger partial charge on any atom is -0.326 e. The summed E-state index contributed by atoms with van der Waals surface area (Å²) in [6.07, 6.45) is 4.44. The molecule has 2 N–H and O–H groups in total. The molecule has 0 bridgehead atoms. The lowest BCUT2D eigenvalue weighted by atomic mass is 10.5. The van der Waals surface area contributed by atoms with Crippen LogP contribution in [0.4, 0.5) is 0 Å². The van der Waals surface area contributed by atoms with E-state index in [-0.39, 0.29) is 16.5 Å². The van der Waals surface area contributed by atoms with Gasteiger partial charge in [0.05, 0.1) is 11.4 Å². The Balaban J connectivity index is 2.05. The molecule has 0 unspecified atom stereocenters. The number of halogens is 1. The van der Waals surface area contributed by atoms with E-state index in [0.717, 1.165) is 12.3 Å². The number of nitrogens with one attached hydrogen (secondary N) is 2. The molecule has 2 heterocycles. The van der Waals surface area contributed by atoms with Crippen molar-refractivity contribution in [1.82, 2.24) is 19.5 Å². The van der Waals surface area contributed by atoms with E-state index in [1.807, 2.05) is 0 Å². The summed E-state index contributed by atoms with van der Waals surface area (Å²) in [6, 6.07) is 2.85. The number of hydrogen-bond donors (Lipinski definition) is 2. The van der Waals surface area contributed by atoms with Crippen molar-refractivity contribution in [3.05, 3.63) is 46.1 Å². The Bertz CT molecular complexity index is 709. The van der Waals surface area contributed by atoms with Crippen molar-refractivity contribution >= 4 is 21.6 Å². The first-order valence-electron chi connectivity index (χ1n) is 5.34. The van der Waals surface area contributed by atoms with Gasteiger partial charge < -0.3 is 4.98 Å². The van der Waals surface area contributed by atoms with Gasteiger partial charge in [0.25, 0.3) is 5.56 Å². The van der Waals surface area contributed by atoms with Crippen LogP contribution in [0.3, 0.4) is 0 Å². The lowest BCUT2D eigenvalue weighted by molar-refractivity contribution is 0.560. The summed E-state index contributed by atoms with van der Waals surface area (Å²) in [5.74, 6) is 0. The second kappa shape index (κ2) is 5.55. The number of hydrogen-bond acceptors (Lipinski definition) is 4. The Labute approximate surface area is 114 Å². The maximum Gasteiger partial charge on any atom is 0.266 e. The lowest BCUT2D eigenvalue weighted by Crippen LogP contribution is -2.28. The summed E-state index contributed by atoms with van der Waals surface area (Å²) in [6.45, 7) is 0.587. The Kier molecular flexibility index (Phi) is 4.03. The Morgan fingerprint density at radius 3 is 2.89 bits per heavy atom. The number of nitrogens with zero attached hydrogens (tertiary/aromatic N) is 2. The van der Waals surface area contributed by atoms with Gasteiger partial charge >= 0.3 is 0 Å². The topological polar surface area (TPSA) is 96.9 Å². The van der Waals surface area contributed by atoms with Gasteiger partial charge in [0.2, 0.25) is 10.0 Å². The van der Waals surface area contributed by atoms with E-state index in [4.69, 9.17) is 11.6 Å². The first-order chi connectivity index (χ1) is 8.99. The summed E-state index contributed by atoms with van der Waals surface area (Å²) in [5, 5.41) is 3.78. The average Bonchev–Trinajstić information content (AvgIpc) is 2.85. The minimum atomic E-state index is -3.70. The molecule has 2 rings (SSSR count). The molecule has 0 amide bonds.